The highest BCUT2D eigenvalue weighted by atomic mass is 16.2. The van der Waals surface area contributed by atoms with Gasteiger partial charge in [-0.3, -0.25) is 9.59 Å². The molecule has 3 aromatic carbocycles. The summed E-state index contributed by atoms with van der Waals surface area (Å²) in [5.41, 5.74) is 3.20. The van der Waals surface area contributed by atoms with Gasteiger partial charge in [-0.2, -0.15) is 0 Å². The minimum absolute atomic E-state index is 0.0327. The molecule has 0 aliphatic rings. The molecule has 0 heterocycles. The van der Waals surface area contributed by atoms with E-state index in [0.29, 0.717) is 19.5 Å². The van der Waals surface area contributed by atoms with E-state index in [9.17, 15) is 9.59 Å². The van der Waals surface area contributed by atoms with E-state index in [1.807, 2.05) is 73.7 Å². The van der Waals surface area contributed by atoms with Gasteiger partial charge < -0.3 is 10.2 Å². The number of rotatable bonds is 11. The molecule has 1 atom stereocenters. The van der Waals surface area contributed by atoms with Crippen LogP contribution in [-0.2, 0) is 16.1 Å². The largest absolute Gasteiger partial charge is 0.354 e. The molecular weight excluding hydrogens is 408 g/mol. The van der Waals surface area contributed by atoms with Gasteiger partial charge in [-0.1, -0.05) is 104 Å². The van der Waals surface area contributed by atoms with Crippen molar-refractivity contribution in [3.63, 3.8) is 0 Å². The standard InChI is InChI=1S/C29H34N2O2/c1-3-4-20-30-29(33)23(2)31(22-24-14-8-5-9-15-24)28(32)21-27(25-16-10-6-11-17-25)26-18-12-7-13-19-26/h5-19,23,27H,3-4,20-22H2,1-2H3,(H,30,33)/t23-/m0/s1. The van der Waals surface area contributed by atoms with Crippen molar-refractivity contribution in [2.24, 2.45) is 0 Å². The molecule has 0 unspecified atom stereocenters. The number of nitrogens with zero attached hydrogens (tertiary/aromatic N) is 1. The first-order valence-electron chi connectivity index (χ1n) is 11.8. The molecule has 0 radical (unpaired) electrons. The Morgan fingerprint density at radius 3 is 1.85 bits per heavy atom. The van der Waals surface area contributed by atoms with E-state index in [-0.39, 0.29) is 17.7 Å². The summed E-state index contributed by atoms with van der Waals surface area (Å²) in [6.07, 6.45) is 2.24. The number of carbonyl (C=O) groups excluding carboxylic acids is 2. The average molecular weight is 443 g/mol. The van der Waals surface area contributed by atoms with Crippen molar-refractivity contribution in [3.8, 4) is 0 Å². The summed E-state index contributed by atoms with van der Waals surface area (Å²) in [5.74, 6) is -0.216. The van der Waals surface area contributed by atoms with Crippen LogP contribution in [0.15, 0.2) is 91.0 Å². The van der Waals surface area contributed by atoms with Gasteiger partial charge in [-0.15, -0.1) is 0 Å². The quantitative estimate of drug-likeness (QED) is 0.396. The highest BCUT2D eigenvalue weighted by Crippen LogP contribution is 2.29. The van der Waals surface area contributed by atoms with Gasteiger partial charge >= 0.3 is 0 Å². The van der Waals surface area contributed by atoms with Crippen molar-refractivity contribution in [3.05, 3.63) is 108 Å². The number of amides is 2. The molecule has 1 N–H and O–H groups in total. The van der Waals surface area contributed by atoms with Gasteiger partial charge in [0.15, 0.2) is 0 Å². The summed E-state index contributed by atoms with van der Waals surface area (Å²) in [6, 6.07) is 29.5. The second kappa shape index (κ2) is 12.6. The summed E-state index contributed by atoms with van der Waals surface area (Å²) >= 11 is 0. The Morgan fingerprint density at radius 2 is 1.33 bits per heavy atom. The van der Waals surface area contributed by atoms with Crippen molar-refractivity contribution in [1.29, 1.82) is 0 Å². The topological polar surface area (TPSA) is 49.4 Å². The Labute approximate surface area is 197 Å². The van der Waals surface area contributed by atoms with Crippen LogP contribution in [0.1, 0.15) is 55.7 Å². The molecular formula is C29H34N2O2. The first-order chi connectivity index (χ1) is 16.1. The molecule has 0 saturated heterocycles. The third kappa shape index (κ3) is 7.04. The van der Waals surface area contributed by atoms with Crippen molar-refractivity contribution in [1.82, 2.24) is 10.2 Å². The second-order valence-electron chi connectivity index (χ2n) is 8.41. The Hall–Kier alpha value is -3.40. The van der Waals surface area contributed by atoms with Crippen LogP contribution in [0.3, 0.4) is 0 Å². The highest BCUT2D eigenvalue weighted by molar-refractivity contribution is 5.87. The molecule has 0 fully saturated rings. The van der Waals surface area contributed by atoms with Gasteiger partial charge in [0.2, 0.25) is 11.8 Å². The lowest BCUT2D eigenvalue weighted by Gasteiger charge is -2.30. The minimum atomic E-state index is -0.554. The van der Waals surface area contributed by atoms with Crippen LogP contribution in [-0.4, -0.2) is 29.3 Å². The number of benzene rings is 3. The normalized spacial score (nSPS) is 11.7. The van der Waals surface area contributed by atoms with E-state index >= 15 is 0 Å². The lowest BCUT2D eigenvalue weighted by molar-refractivity contribution is -0.140. The SMILES string of the molecule is CCCCNC(=O)[C@H](C)N(Cc1ccccc1)C(=O)CC(c1ccccc1)c1ccccc1. The maximum atomic E-state index is 13.7. The summed E-state index contributed by atoms with van der Waals surface area (Å²) in [4.78, 5) is 28.3. The predicted octanol–water partition coefficient (Wildman–Crippen LogP) is 5.54. The minimum Gasteiger partial charge on any atom is -0.354 e. The molecule has 2 amide bonds. The zero-order valence-electron chi connectivity index (χ0n) is 19.6. The summed E-state index contributed by atoms with van der Waals surface area (Å²) < 4.78 is 0. The van der Waals surface area contributed by atoms with Gasteiger partial charge in [-0.25, -0.2) is 0 Å². The zero-order chi connectivity index (χ0) is 23.5. The summed E-state index contributed by atoms with van der Waals surface area (Å²) in [7, 11) is 0. The fraction of sp³-hybridized carbons (Fsp3) is 0.310. The summed E-state index contributed by atoms with van der Waals surface area (Å²) in [6.45, 7) is 4.94. The first kappa shape index (κ1) is 24.2. The third-order valence-electron chi connectivity index (χ3n) is 5.98. The molecule has 3 aromatic rings. The third-order valence-corrected chi connectivity index (χ3v) is 5.98. The van der Waals surface area contributed by atoms with Crippen LogP contribution in [0.2, 0.25) is 0 Å². The molecule has 0 aromatic heterocycles. The molecule has 4 heteroatoms. The Balaban J connectivity index is 1.86. The molecule has 33 heavy (non-hydrogen) atoms. The monoisotopic (exact) mass is 442 g/mol. The van der Waals surface area contributed by atoms with Gasteiger partial charge in [0, 0.05) is 25.4 Å². The van der Waals surface area contributed by atoms with Crippen LogP contribution in [0.5, 0.6) is 0 Å². The van der Waals surface area contributed by atoms with Crippen LogP contribution in [0, 0.1) is 0 Å². The average Bonchev–Trinajstić information content (AvgIpc) is 2.87. The lowest BCUT2D eigenvalue weighted by Crippen LogP contribution is -2.48. The van der Waals surface area contributed by atoms with Crippen LogP contribution in [0.25, 0.3) is 0 Å². The molecule has 0 bridgehead atoms. The van der Waals surface area contributed by atoms with Crippen LogP contribution in [0.4, 0.5) is 0 Å². The van der Waals surface area contributed by atoms with E-state index in [4.69, 9.17) is 0 Å². The number of hydrogen-bond donors (Lipinski definition) is 1. The Bertz CT molecular complexity index is 950. The van der Waals surface area contributed by atoms with E-state index in [1.54, 1.807) is 4.90 Å². The smallest absolute Gasteiger partial charge is 0.242 e. The number of carbonyl (C=O) groups is 2. The van der Waals surface area contributed by atoms with Crippen LogP contribution < -0.4 is 5.32 Å². The predicted molar refractivity (Wildman–Crippen MR) is 134 cm³/mol. The van der Waals surface area contributed by atoms with E-state index < -0.39 is 6.04 Å². The molecule has 4 nitrogen and oxygen atoms in total. The van der Waals surface area contributed by atoms with Gasteiger partial charge in [0.1, 0.15) is 6.04 Å². The van der Waals surface area contributed by atoms with Crippen molar-refractivity contribution in [2.75, 3.05) is 6.54 Å². The Kier molecular flexibility index (Phi) is 9.25. The van der Waals surface area contributed by atoms with Crippen molar-refractivity contribution < 1.29 is 9.59 Å². The molecule has 0 spiro atoms. The Morgan fingerprint density at radius 1 is 0.818 bits per heavy atom. The molecule has 0 aliphatic carbocycles. The maximum Gasteiger partial charge on any atom is 0.242 e. The number of unbranched alkanes of at least 4 members (excludes halogenated alkanes) is 1. The van der Waals surface area contributed by atoms with Gasteiger partial charge in [0.25, 0.3) is 0 Å². The fourth-order valence-corrected chi connectivity index (χ4v) is 3.99. The maximum absolute atomic E-state index is 13.7. The number of nitrogens with one attached hydrogen (secondary N) is 1. The molecule has 0 saturated carbocycles. The second-order valence-corrected chi connectivity index (χ2v) is 8.41. The molecule has 0 aliphatic heterocycles. The van der Waals surface area contributed by atoms with E-state index in [1.165, 1.54) is 0 Å². The summed E-state index contributed by atoms with van der Waals surface area (Å²) in [5, 5.41) is 2.99. The fourth-order valence-electron chi connectivity index (χ4n) is 3.99. The van der Waals surface area contributed by atoms with Crippen molar-refractivity contribution >= 4 is 11.8 Å². The van der Waals surface area contributed by atoms with E-state index in [0.717, 1.165) is 29.5 Å². The first-order valence-corrected chi connectivity index (χ1v) is 11.8. The highest BCUT2D eigenvalue weighted by Gasteiger charge is 2.28. The van der Waals surface area contributed by atoms with Crippen LogP contribution >= 0.6 is 0 Å². The van der Waals surface area contributed by atoms with Crippen molar-refractivity contribution in [2.45, 2.75) is 51.6 Å². The molecule has 172 valence electrons. The van der Waals surface area contributed by atoms with E-state index in [2.05, 4.69) is 36.5 Å². The number of hydrogen-bond acceptors (Lipinski definition) is 2. The van der Waals surface area contributed by atoms with Gasteiger partial charge in [0.05, 0.1) is 0 Å². The zero-order valence-corrected chi connectivity index (χ0v) is 19.6. The molecule has 3 rings (SSSR count). The lowest BCUT2D eigenvalue weighted by atomic mass is 9.88. The van der Waals surface area contributed by atoms with Gasteiger partial charge in [-0.05, 0) is 30.0 Å².